The fraction of sp³-hybridized carbons (Fsp3) is 0.667. The molecule has 0 spiro atoms. The minimum absolute atomic E-state index is 1.51. The third-order valence-electron chi connectivity index (χ3n) is 0.224. The fourth-order valence-electron chi connectivity index (χ4n) is 0.0839. The molecule has 0 N–H and O–H groups in total. The molecule has 0 saturated carbocycles. The Hall–Kier alpha value is -0.300. The molecule has 0 saturated heterocycles. The van der Waals surface area contributed by atoms with Crippen LogP contribution in [0.1, 0.15) is 19.2 Å². The standard InChI is InChI=1S/C6H14N/c1-5-6-7(2,3)4/h5H,1,6H2,2-4H3/q+1/i1D2,2D3,3D3,4D3,5D,6D2,7+1. The molecule has 0 atom stereocenters. The summed E-state index contributed by atoms with van der Waals surface area (Å²) < 4.78 is 98.5. The van der Waals surface area contributed by atoms with Gasteiger partial charge in [0, 0.05) is 0 Å². The highest BCUT2D eigenvalue weighted by Gasteiger charge is 1.99. The summed E-state index contributed by atoms with van der Waals surface area (Å²) in [4.78, 5) is 0. The quantitative estimate of drug-likeness (QED) is 0.285. The van der Waals surface area contributed by atoms with Crippen molar-refractivity contribution in [3.05, 3.63) is 12.6 Å². The maximum absolute atomic E-state index is 7.61. The Labute approximate surface area is 65.5 Å². The molecule has 0 aliphatic carbocycles. The lowest BCUT2D eigenvalue weighted by Gasteiger charge is -2.21. The van der Waals surface area contributed by atoms with Gasteiger partial charge in [-0.2, -0.15) is 0 Å². The Morgan fingerprint density at radius 1 is 2.14 bits per heavy atom. The molecule has 0 aromatic heterocycles. The molecule has 1 heteroatoms. The summed E-state index contributed by atoms with van der Waals surface area (Å²) in [6.45, 7) is -17.0. The third-order valence-corrected chi connectivity index (χ3v) is 0.224. The lowest BCUT2D eigenvalue weighted by Crippen LogP contribution is -2.33. The van der Waals surface area contributed by atoms with E-state index in [1.807, 2.05) is 0 Å². The third kappa shape index (κ3) is 5.70. The molecule has 0 unspecified atom stereocenters. The van der Waals surface area contributed by atoms with Gasteiger partial charge in [0.25, 0.3) is 0 Å². The van der Waals surface area contributed by atoms with Gasteiger partial charge in [0.1, 0.15) is 0 Å². The SMILES string of the molecule is [2H]C([2H])=C([2H])C([2H])([2H])[15N+](C([2H])([2H])[2H])(C([2H])([2H])[2H])C([2H])([2H])[2H]. The summed E-state index contributed by atoms with van der Waals surface area (Å²) in [5.41, 5.74) is 0. The summed E-state index contributed by atoms with van der Waals surface area (Å²) in [7, 11) is 0. The van der Waals surface area contributed by atoms with Crippen LogP contribution in [0.2, 0.25) is 0 Å². The van der Waals surface area contributed by atoms with E-state index in [9.17, 15) is 0 Å². The van der Waals surface area contributed by atoms with Crippen molar-refractivity contribution in [3.63, 3.8) is 0 Å². The summed E-state index contributed by atoms with van der Waals surface area (Å²) in [5, 5.41) is 0. The average molecular weight is 115 g/mol. The van der Waals surface area contributed by atoms with Gasteiger partial charge in [0.2, 0.25) is 0 Å². The van der Waals surface area contributed by atoms with E-state index in [1.54, 1.807) is 0 Å². The average Bonchev–Trinajstić information content (AvgIpc) is 2.07. The van der Waals surface area contributed by atoms with E-state index in [4.69, 9.17) is 19.2 Å². The number of nitrogens with zero attached hydrogens (tertiary/aromatic N) is 1. The van der Waals surface area contributed by atoms with Gasteiger partial charge >= 0.3 is 0 Å². The van der Waals surface area contributed by atoms with Crippen LogP contribution in [0.25, 0.3) is 0 Å². The minimum Gasteiger partial charge on any atom is -0.328 e. The number of hydrogen-bond acceptors (Lipinski definition) is 0. The highest BCUT2D eigenvalue weighted by molar-refractivity contribution is 4.63. The van der Waals surface area contributed by atoms with Gasteiger partial charge in [-0.25, -0.2) is 0 Å². The van der Waals surface area contributed by atoms with Crippen molar-refractivity contribution in [2.75, 3.05) is 27.4 Å². The highest BCUT2D eigenvalue weighted by atomic mass is 16.0. The fourth-order valence-corrected chi connectivity index (χ4v) is 0.0839. The maximum Gasteiger partial charge on any atom is 0.0973 e. The van der Waals surface area contributed by atoms with Gasteiger partial charge in [-0.15, -0.1) is 0 Å². The van der Waals surface area contributed by atoms with Crippen molar-refractivity contribution in [1.82, 2.24) is 0 Å². The second-order valence-corrected chi connectivity index (χ2v) is 0.908. The smallest absolute Gasteiger partial charge is 0.0973 e. The second-order valence-electron chi connectivity index (χ2n) is 0.908. The number of hydrogen-bond donors (Lipinski definition) is 0. The van der Waals surface area contributed by atoms with Crippen molar-refractivity contribution >= 4 is 0 Å². The largest absolute Gasteiger partial charge is 0.328 e. The molecule has 0 amide bonds. The van der Waals surface area contributed by atoms with E-state index in [0.717, 1.165) is 0 Å². The van der Waals surface area contributed by atoms with Gasteiger partial charge in [0.05, 0.1) is 46.6 Å². The van der Waals surface area contributed by atoms with Crippen LogP contribution in [-0.4, -0.2) is 31.9 Å². The normalized spacial score (nSPS) is 47.4. The van der Waals surface area contributed by atoms with Gasteiger partial charge in [0.15, 0.2) is 0 Å². The van der Waals surface area contributed by atoms with Crippen LogP contribution < -0.4 is 0 Å². The Bertz CT molecular complexity index is 380. The van der Waals surface area contributed by atoms with Gasteiger partial charge in [-0.05, 0) is 6.05 Å². The molecule has 42 valence electrons. The van der Waals surface area contributed by atoms with E-state index < -0.39 is 44.5 Å². The van der Waals surface area contributed by atoms with Crippen molar-refractivity contribution < 1.29 is 23.7 Å². The Balaban J connectivity index is 6.97. The molecular weight excluding hydrogens is 87.1 g/mol. The van der Waals surface area contributed by atoms with Gasteiger partial charge < -0.3 is 4.48 Å². The Morgan fingerprint density at radius 3 is 3.29 bits per heavy atom. The zero-order chi connectivity index (χ0) is 17.7. The molecule has 0 fully saturated rings. The van der Waals surface area contributed by atoms with Crippen LogP contribution in [-0.2, 0) is 0 Å². The molecule has 0 heterocycles. The number of quaternary nitrogens is 1. The Kier molecular flexibility index (Phi) is 0.170. The lowest BCUT2D eigenvalue weighted by atomic mass is 10.6. The summed E-state index contributed by atoms with van der Waals surface area (Å²) in [5.74, 6) is 0. The van der Waals surface area contributed by atoms with Crippen molar-refractivity contribution in [2.45, 2.75) is 0 Å². The van der Waals surface area contributed by atoms with E-state index in [1.165, 1.54) is 0 Å². The lowest BCUT2D eigenvalue weighted by molar-refractivity contribution is -0.864. The van der Waals surface area contributed by atoms with E-state index in [-0.39, 0.29) is 0 Å². The topological polar surface area (TPSA) is 0 Å². The second kappa shape index (κ2) is 2.12. The summed E-state index contributed by atoms with van der Waals surface area (Å²) in [6.07, 6.45) is 0. The molecule has 0 radical (unpaired) electrons. The van der Waals surface area contributed by atoms with Gasteiger partial charge in [-0.1, -0.05) is 6.53 Å². The van der Waals surface area contributed by atoms with Crippen LogP contribution in [0.4, 0.5) is 0 Å². The first-order valence-corrected chi connectivity index (χ1v) is 1.39. The first-order chi connectivity index (χ1) is 8.85. The first kappa shape index (κ1) is 0.561. The highest BCUT2D eigenvalue weighted by Crippen LogP contribution is 1.86. The van der Waals surface area contributed by atoms with Crippen molar-refractivity contribution in [1.29, 1.82) is 0 Å². The van der Waals surface area contributed by atoms with Crippen LogP contribution in [0.15, 0.2) is 12.6 Å². The number of rotatable bonds is 2. The molecule has 1 nitrogen and oxygen atoms in total. The summed E-state index contributed by atoms with van der Waals surface area (Å²) in [6, 6.07) is -1.65. The molecule has 0 aliphatic heterocycles. The van der Waals surface area contributed by atoms with Gasteiger partial charge in [-0.3, -0.25) is 0 Å². The van der Waals surface area contributed by atoms with Crippen molar-refractivity contribution in [2.24, 2.45) is 0 Å². The molecule has 0 rings (SSSR count). The van der Waals surface area contributed by atoms with Crippen LogP contribution in [0.5, 0.6) is 0 Å². The molecule has 0 aromatic rings. The maximum atomic E-state index is 7.61. The van der Waals surface area contributed by atoms with Crippen molar-refractivity contribution in [3.8, 4) is 0 Å². The molecule has 0 bridgehead atoms. The van der Waals surface area contributed by atoms with Crippen LogP contribution >= 0.6 is 0 Å². The zero-order valence-electron chi connectivity index (χ0n) is 17.4. The number of likely N-dealkylation sites (N-methyl/N-ethyl adjacent to an activating group) is 1. The predicted molar refractivity (Wildman–Crippen MR) is 33.1 cm³/mol. The molecular formula is C6H14N+. The monoisotopic (exact) mass is 115 g/mol. The molecule has 7 heavy (non-hydrogen) atoms. The predicted octanol–water partition coefficient (Wildman–Crippen LogP) is 0.879. The van der Waals surface area contributed by atoms with E-state index >= 15 is 0 Å². The Morgan fingerprint density at radius 2 is 2.86 bits per heavy atom. The van der Waals surface area contributed by atoms with Crippen LogP contribution in [0.3, 0.4) is 0 Å². The molecule has 0 aliphatic rings. The zero-order valence-corrected chi connectivity index (χ0v) is 3.45. The van der Waals surface area contributed by atoms with Crippen LogP contribution in [0, 0.1) is 0 Å². The summed E-state index contributed by atoms with van der Waals surface area (Å²) >= 11 is 0. The molecule has 0 aromatic carbocycles. The van der Waals surface area contributed by atoms with E-state index in [0.29, 0.717) is 0 Å². The first-order valence-electron chi connectivity index (χ1n) is 8.39. The minimum atomic E-state index is -3.90. The van der Waals surface area contributed by atoms with E-state index in [2.05, 4.69) is 0 Å².